The second kappa shape index (κ2) is 14.4. The van der Waals surface area contributed by atoms with Crippen LogP contribution in [0.1, 0.15) is 25.6 Å². The van der Waals surface area contributed by atoms with Gasteiger partial charge in [0.2, 0.25) is 5.72 Å². The topological polar surface area (TPSA) is 224 Å². The number of hydrogen-bond donors (Lipinski definition) is 3. The monoisotopic (exact) mass is 628 g/mol. The van der Waals surface area contributed by atoms with Crippen molar-refractivity contribution in [3.05, 3.63) is 99.4 Å². The number of azide groups is 1. The molecule has 4 rings (SSSR count). The van der Waals surface area contributed by atoms with Crippen LogP contribution in [0.3, 0.4) is 0 Å². The SMILES string of the molecule is CC(C)OC(=O)C(Cc1ccccc1)N(Oc1ccccc1)[P+](=O)OC[C@@]1(N=[N+]=[N-])O[C@@H](n2ccc(N)nc2=O)[C@H](O)[C@@H]1O. The number of nitrogens with two attached hydrogens (primary N) is 1. The summed E-state index contributed by atoms with van der Waals surface area (Å²) in [5, 5.41) is 25.1. The van der Waals surface area contributed by atoms with Crippen LogP contribution in [0.4, 0.5) is 5.82 Å². The Kier molecular flexibility index (Phi) is 10.6. The molecule has 232 valence electrons. The van der Waals surface area contributed by atoms with E-state index in [1.54, 1.807) is 74.5 Å². The minimum absolute atomic E-state index is 0.00187. The van der Waals surface area contributed by atoms with Crippen LogP contribution >= 0.6 is 8.18 Å². The van der Waals surface area contributed by atoms with Gasteiger partial charge in [-0.25, -0.2) is 4.79 Å². The fraction of sp³-hybridized carbons (Fsp3) is 0.370. The Morgan fingerprint density at radius 1 is 1.20 bits per heavy atom. The number of aliphatic hydroxyl groups excluding tert-OH is 2. The smallest absolute Gasteiger partial charge is 0.462 e. The minimum Gasteiger partial charge on any atom is -0.462 e. The number of nitrogens with zero attached hydrogens (tertiary/aromatic N) is 6. The van der Waals surface area contributed by atoms with Crippen molar-refractivity contribution >= 4 is 20.0 Å². The quantitative estimate of drug-likeness (QED) is 0.0620. The van der Waals surface area contributed by atoms with E-state index in [9.17, 15) is 29.9 Å². The summed E-state index contributed by atoms with van der Waals surface area (Å²) in [6.45, 7) is 2.41. The fourth-order valence-corrected chi connectivity index (χ4v) is 5.30. The van der Waals surface area contributed by atoms with Crippen molar-refractivity contribution in [3.8, 4) is 5.75 Å². The number of aromatic nitrogens is 2. The lowest BCUT2D eigenvalue weighted by atomic mass is 10.1. The molecule has 2 aromatic carbocycles. The van der Waals surface area contributed by atoms with Gasteiger partial charge in [-0.15, -0.1) is 4.52 Å². The summed E-state index contributed by atoms with van der Waals surface area (Å²) in [6.07, 6.45) is -4.69. The number of anilines is 1. The highest BCUT2D eigenvalue weighted by molar-refractivity contribution is 7.36. The van der Waals surface area contributed by atoms with E-state index >= 15 is 0 Å². The average Bonchev–Trinajstić information content (AvgIpc) is 3.24. The molecule has 0 aliphatic carbocycles. The molecule has 3 aromatic rings. The van der Waals surface area contributed by atoms with Gasteiger partial charge < -0.3 is 30.3 Å². The highest BCUT2D eigenvalue weighted by Crippen LogP contribution is 2.42. The average molecular weight is 629 g/mol. The number of ether oxygens (including phenoxy) is 2. The molecule has 0 amide bonds. The second-order valence-electron chi connectivity index (χ2n) is 9.93. The maximum atomic E-state index is 13.8. The van der Waals surface area contributed by atoms with Crippen LogP contribution in [-0.4, -0.2) is 67.3 Å². The van der Waals surface area contributed by atoms with Gasteiger partial charge in [0.05, 0.1) is 6.10 Å². The predicted molar refractivity (Wildman–Crippen MR) is 155 cm³/mol. The van der Waals surface area contributed by atoms with Crippen molar-refractivity contribution < 1.29 is 38.4 Å². The van der Waals surface area contributed by atoms with Crippen LogP contribution < -0.4 is 16.3 Å². The lowest BCUT2D eigenvalue weighted by molar-refractivity contribution is -0.160. The van der Waals surface area contributed by atoms with E-state index in [1.807, 2.05) is 0 Å². The molecular formula is C27H31N7O9P+. The fourth-order valence-electron chi connectivity index (χ4n) is 4.32. The van der Waals surface area contributed by atoms with Crippen molar-refractivity contribution in [2.24, 2.45) is 5.11 Å². The Bertz CT molecular complexity index is 1560. The molecule has 16 nitrogen and oxygen atoms in total. The zero-order chi connectivity index (χ0) is 31.9. The van der Waals surface area contributed by atoms with Crippen molar-refractivity contribution in [1.82, 2.24) is 14.4 Å². The molecule has 0 spiro atoms. The second-order valence-corrected chi connectivity index (χ2v) is 11.1. The van der Waals surface area contributed by atoms with E-state index in [-0.39, 0.29) is 18.0 Å². The van der Waals surface area contributed by atoms with Crippen LogP contribution in [-0.2, 0) is 29.8 Å². The number of carbonyl (C=O) groups excluding carboxylic acids is 1. The van der Waals surface area contributed by atoms with Gasteiger partial charge in [0, 0.05) is 17.5 Å². The first-order valence-electron chi connectivity index (χ1n) is 13.4. The molecule has 1 saturated heterocycles. The Morgan fingerprint density at radius 2 is 1.86 bits per heavy atom. The third kappa shape index (κ3) is 7.56. The van der Waals surface area contributed by atoms with Gasteiger partial charge in [0.25, 0.3) is 0 Å². The number of aliphatic hydroxyl groups is 2. The van der Waals surface area contributed by atoms with Crippen LogP contribution in [0, 0.1) is 0 Å². The van der Waals surface area contributed by atoms with Crippen LogP contribution in [0.25, 0.3) is 10.4 Å². The first-order chi connectivity index (χ1) is 21.0. The molecule has 2 unspecified atom stereocenters. The predicted octanol–water partition coefficient (Wildman–Crippen LogP) is 2.62. The number of hydrogen-bond acceptors (Lipinski definition) is 12. The van der Waals surface area contributed by atoms with E-state index < -0.39 is 62.8 Å². The molecule has 0 radical (unpaired) electrons. The Labute approximate surface area is 252 Å². The molecular weight excluding hydrogens is 597 g/mol. The molecule has 1 aliphatic heterocycles. The number of nitrogen functional groups attached to an aromatic ring is 1. The first kappa shape index (κ1) is 32.5. The van der Waals surface area contributed by atoms with E-state index in [0.717, 1.165) is 9.40 Å². The Morgan fingerprint density at radius 3 is 2.48 bits per heavy atom. The van der Waals surface area contributed by atoms with Gasteiger partial charge in [-0.3, -0.25) is 9.36 Å². The van der Waals surface area contributed by atoms with Gasteiger partial charge in [-0.2, -0.15) is 4.98 Å². The van der Waals surface area contributed by atoms with Crippen LogP contribution in [0.2, 0.25) is 0 Å². The highest BCUT2D eigenvalue weighted by Gasteiger charge is 2.58. The van der Waals surface area contributed by atoms with Crippen LogP contribution in [0.5, 0.6) is 5.75 Å². The van der Waals surface area contributed by atoms with Gasteiger partial charge in [-0.05, 0) is 47.7 Å². The number of benzene rings is 2. The zero-order valence-corrected chi connectivity index (χ0v) is 24.6. The zero-order valence-electron chi connectivity index (χ0n) is 23.7. The van der Waals surface area contributed by atoms with Crippen molar-refractivity contribution in [2.45, 2.75) is 56.6 Å². The largest absolute Gasteiger partial charge is 0.653 e. The summed E-state index contributed by atoms with van der Waals surface area (Å²) < 4.78 is 31.3. The third-order valence-corrected chi connectivity index (χ3v) is 7.42. The van der Waals surface area contributed by atoms with Gasteiger partial charge in [0.15, 0.2) is 18.0 Å². The molecule has 6 atom stereocenters. The number of esters is 1. The number of para-hydroxylation sites is 1. The van der Waals surface area contributed by atoms with Gasteiger partial charge in [0.1, 0.15) is 29.5 Å². The standard InChI is InChI=1S/C27H30N7O9P/c1-17(2)41-25(37)20(15-18-9-5-3-6-10-18)34(43-19-11-7-4-8-12-19)44(39)40-16-27(31-32-29)23(36)22(35)24(42-27)33-14-13-21(28)30-26(33)38/h3-14,17,20,22-24,35-36H,15-16H2,1-2H3,(H-,28,30,38)/p+1/t20?,22-,23+,24-,27-/m1/s1. The molecule has 1 fully saturated rings. The van der Waals surface area contributed by atoms with Gasteiger partial charge >= 0.3 is 19.8 Å². The minimum atomic E-state index is -3.12. The molecule has 44 heavy (non-hydrogen) atoms. The maximum absolute atomic E-state index is 13.8. The Balaban J connectivity index is 1.65. The molecule has 1 aromatic heterocycles. The van der Waals surface area contributed by atoms with E-state index in [2.05, 4.69) is 15.0 Å². The third-order valence-electron chi connectivity index (χ3n) is 6.39. The van der Waals surface area contributed by atoms with Crippen molar-refractivity contribution in [3.63, 3.8) is 0 Å². The van der Waals surface area contributed by atoms with Crippen molar-refractivity contribution in [1.29, 1.82) is 0 Å². The molecule has 0 bridgehead atoms. The summed E-state index contributed by atoms with van der Waals surface area (Å²) in [5.41, 5.74) is 12.2. The summed E-state index contributed by atoms with van der Waals surface area (Å²) >= 11 is 0. The molecule has 2 heterocycles. The molecule has 4 N–H and O–H groups in total. The summed E-state index contributed by atoms with van der Waals surface area (Å²) in [4.78, 5) is 38.7. The summed E-state index contributed by atoms with van der Waals surface area (Å²) in [6, 6.07) is 17.0. The number of hydroxylamine groups is 1. The molecule has 17 heteroatoms. The lowest BCUT2D eigenvalue weighted by Crippen LogP contribution is -2.46. The summed E-state index contributed by atoms with van der Waals surface area (Å²) in [7, 11) is -3.12. The van der Waals surface area contributed by atoms with E-state index in [4.69, 9.17) is 24.6 Å². The normalized spacial score (nSPS) is 22.3. The lowest BCUT2D eigenvalue weighted by Gasteiger charge is -2.25. The number of rotatable bonds is 13. The Hall–Kier alpha value is -4.40. The van der Waals surface area contributed by atoms with Crippen LogP contribution in [0.15, 0.2) is 82.8 Å². The van der Waals surface area contributed by atoms with Gasteiger partial charge in [-0.1, -0.05) is 53.6 Å². The molecule has 1 aliphatic rings. The summed E-state index contributed by atoms with van der Waals surface area (Å²) in [5.74, 6) is -0.651. The maximum Gasteiger partial charge on any atom is 0.653 e. The van der Waals surface area contributed by atoms with E-state index in [1.165, 1.54) is 12.3 Å². The van der Waals surface area contributed by atoms with E-state index in [0.29, 0.717) is 5.56 Å². The highest BCUT2D eigenvalue weighted by atomic mass is 31.1. The number of carbonyl (C=O) groups is 1. The first-order valence-corrected chi connectivity index (χ1v) is 14.5. The molecule has 0 saturated carbocycles. The van der Waals surface area contributed by atoms with Crippen molar-refractivity contribution in [2.75, 3.05) is 12.3 Å².